The van der Waals surface area contributed by atoms with Crippen LogP contribution in [0.1, 0.15) is 47.0 Å². The fourth-order valence-corrected chi connectivity index (χ4v) is 4.62. The van der Waals surface area contributed by atoms with Crippen LogP contribution in [0.25, 0.3) is 0 Å². The molecule has 0 aromatic heterocycles. The van der Waals surface area contributed by atoms with Gasteiger partial charge in [-0.05, 0) is 23.4 Å². The Morgan fingerprint density at radius 3 is 2.23 bits per heavy atom. The summed E-state index contributed by atoms with van der Waals surface area (Å²) in [6.07, 6.45) is 2.67. The van der Waals surface area contributed by atoms with Crippen molar-refractivity contribution in [3.63, 3.8) is 0 Å². The Balaban J connectivity index is 2.94. The average molecular weight is 200 g/mol. The largest absolute Gasteiger partial charge is 0.300 e. The molecule has 1 heterocycles. The maximum Gasteiger partial charge on any atom is 0.133 e. The van der Waals surface area contributed by atoms with Crippen molar-refractivity contribution in [1.82, 2.24) is 0 Å². The third kappa shape index (κ3) is 2.31. The van der Waals surface area contributed by atoms with E-state index in [0.717, 1.165) is 19.3 Å². The highest BCUT2D eigenvalue weighted by Crippen LogP contribution is 2.61. The predicted octanol–water partition coefficient (Wildman–Crippen LogP) is 3.41. The molecule has 1 nitrogen and oxygen atoms in total. The van der Waals surface area contributed by atoms with E-state index in [0.29, 0.717) is 10.9 Å². The fraction of sp³-hybridized carbons (Fsp3) is 0.909. The molecule has 0 aliphatic carbocycles. The lowest BCUT2D eigenvalue weighted by Crippen LogP contribution is -2.27. The molecule has 13 heavy (non-hydrogen) atoms. The highest BCUT2D eigenvalue weighted by Gasteiger charge is 2.40. The van der Waals surface area contributed by atoms with Gasteiger partial charge in [0.1, 0.15) is 5.78 Å². The molecular formula is C11H21OP. The second kappa shape index (κ2) is 3.35. The van der Waals surface area contributed by atoms with Gasteiger partial charge in [-0.3, -0.25) is 4.79 Å². The van der Waals surface area contributed by atoms with Gasteiger partial charge < -0.3 is 0 Å². The van der Waals surface area contributed by atoms with Crippen LogP contribution in [0.15, 0.2) is 0 Å². The zero-order chi connectivity index (χ0) is 10.3. The molecule has 1 fully saturated rings. The number of hydrogen-bond acceptors (Lipinski definition) is 1. The monoisotopic (exact) mass is 200 g/mol. The molecule has 0 aromatic rings. The summed E-state index contributed by atoms with van der Waals surface area (Å²) in [6.45, 7) is 11.5. The zero-order valence-corrected chi connectivity index (χ0v) is 10.4. The van der Waals surface area contributed by atoms with E-state index in [4.69, 9.17) is 0 Å². The highest BCUT2D eigenvalue weighted by molar-refractivity contribution is 7.60. The van der Waals surface area contributed by atoms with Crippen LogP contribution in [0, 0.1) is 0 Å². The lowest BCUT2D eigenvalue weighted by Gasteiger charge is -2.40. The Labute approximate surface area is 83.0 Å². The molecule has 1 saturated heterocycles. The minimum absolute atomic E-state index is 0.0522. The van der Waals surface area contributed by atoms with Crippen molar-refractivity contribution in [2.24, 2.45) is 0 Å². The molecule has 2 heteroatoms. The number of Topliss-reactive ketones (excluding diaryl/α,β-unsaturated/α-hetero) is 1. The number of carbonyl (C=O) groups excluding carboxylic acids is 1. The Morgan fingerprint density at radius 1 is 1.15 bits per heavy atom. The van der Waals surface area contributed by atoms with E-state index in [9.17, 15) is 4.79 Å². The molecule has 76 valence electrons. The number of hydrogen-bond donors (Lipinski definition) is 0. The molecule has 0 amide bonds. The smallest absolute Gasteiger partial charge is 0.133 e. The van der Waals surface area contributed by atoms with E-state index in [1.165, 1.54) is 0 Å². The third-order valence-corrected chi connectivity index (χ3v) is 7.48. The summed E-state index contributed by atoms with van der Waals surface area (Å²) in [7, 11) is -0.0522. The number of carbonyl (C=O) groups is 1. The highest BCUT2D eigenvalue weighted by atomic mass is 31.1. The maximum absolute atomic E-state index is 11.5. The predicted molar refractivity (Wildman–Crippen MR) is 59.9 cm³/mol. The first kappa shape index (κ1) is 11.2. The molecule has 1 aliphatic rings. The molecular weight excluding hydrogens is 179 g/mol. The molecule has 0 spiro atoms. The van der Waals surface area contributed by atoms with Gasteiger partial charge in [-0.1, -0.05) is 35.6 Å². The summed E-state index contributed by atoms with van der Waals surface area (Å²) < 4.78 is 0. The van der Waals surface area contributed by atoms with Gasteiger partial charge >= 0.3 is 0 Å². The first-order valence-corrected chi connectivity index (χ1v) is 6.80. The van der Waals surface area contributed by atoms with Crippen LogP contribution >= 0.6 is 7.92 Å². The lowest BCUT2D eigenvalue weighted by molar-refractivity contribution is -0.119. The quantitative estimate of drug-likeness (QED) is 0.548. The van der Waals surface area contributed by atoms with Crippen LogP contribution in [0.5, 0.6) is 0 Å². The molecule has 1 atom stereocenters. The Morgan fingerprint density at radius 2 is 1.69 bits per heavy atom. The van der Waals surface area contributed by atoms with Gasteiger partial charge in [0.05, 0.1) is 0 Å². The minimum atomic E-state index is -0.0522. The van der Waals surface area contributed by atoms with Gasteiger partial charge in [-0.25, -0.2) is 0 Å². The average Bonchev–Trinajstić information content (AvgIpc) is 2.03. The van der Waals surface area contributed by atoms with Gasteiger partial charge in [-0.2, -0.15) is 0 Å². The third-order valence-electron chi connectivity index (χ3n) is 3.46. The maximum atomic E-state index is 11.5. The second-order valence-corrected chi connectivity index (χ2v) is 8.94. The minimum Gasteiger partial charge on any atom is -0.300 e. The van der Waals surface area contributed by atoms with Crippen molar-refractivity contribution >= 4 is 13.7 Å². The van der Waals surface area contributed by atoms with Gasteiger partial charge in [0.25, 0.3) is 0 Å². The summed E-state index contributed by atoms with van der Waals surface area (Å²) in [4.78, 5) is 11.5. The number of rotatable bonds is 0. The normalized spacial score (nSPS) is 32.7. The molecule has 0 aromatic carbocycles. The van der Waals surface area contributed by atoms with Gasteiger partial charge in [0, 0.05) is 12.8 Å². The molecule has 1 aliphatic heterocycles. The van der Waals surface area contributed by atoms with E-state index in [1.54, 1.807) is 0 Å². The van der Waals surface area contributed by atoms with Crippen LogP contribution in [0.4, 0.5) is 0 Å². The van der Waals surface area contributed by atoms with Crippen molar-refractivity contribution in [2.45, 2.75) is 57.3 Å². The number of ketones is 1. The van der Waals surface area contributed by atoms with E-state index in [1.807, 2.05) is 0 Å². The van der Waals surface area contributed by atoms with Crippen LogP contribution in [0.2, 0.25) is 0 Å². The van der Waals surface area contributed by atoms with Crippen LogP contribution in [0.3, 0.4) is 0 Å². The standard InChI is InChI=1S/C11H21OP/c1-10(2)7-6-9(12)8-11(3,4)13(10)5/h6-8H2,1-5H3. The first-order chi connectivity index (χ1) is 5.76. The summed E-state index contributed by atoms with van der Waals surface area (Å²) in [5.41, 5.74) is 0. The molecule has 0 N–H and O–H groups in total. The van der Waals surface area contributed by atoms with Crippen molar-refractivity contribution in [3.8, 4) is 0 Å². The topological polar surface area (TPSA) is 17.1 Å². The second-order valence-electron chi connectivity index (χ2n) is 5.40. The van der Waals surface area contributed by atoms with Crippen molar-refractivity contribution in [2.75, 3.05) is 6.66 Å². The Bertz CT molecular complexity index is 218. The van der Waals surface area contributed by atoms with Gasteiger partial charge in [0.2, 0.25) is 0 Å². The van der Waals surface area contributed by atoms with Crippen LogP contribution in [-0.2, 0) is 4.79 Å². The Kier molecular flexibility index (Phi) is 2.88. The lowest BCUT2D eigenvalue weighted by atomic mass is 10.00. The van der Waals surface area contributed by atoms with Crippen molar-refractivity contribution < 1.29 is 4.79 Å². The SMILES string of the molecule is CP1C(C)(C)CCC(=O)CC1(C)C. The van der Waals surface area contributed by atoms with Crippen molar-refractivity contribution in [1.29, 1.82) is 0 Å². The van der Waals surface area contributed by atoms with Crippen molar-refractivity contribution in [3.05, 3.63) is 0 Å². The summed E-state index contributed by atoms with van der Waals surface area (Å²) in [5.74, 6) is 0.463. The summed E-state index contributed by atoms with van der Waals surface area (Å²) in [6, 6.07) is 0. The molecule has 1 unspecified atom stereocenters. The molecule has 0 radical (unpaired) electrons. The summed E-state index contributed by atoms with van der Waals surface area (Å²) in [5, 5.41) is 0.622. The molecule has 0 saturated carbocycles. The fourth-order valence-electron chi connectivity index (χ4n) is 2.12. The summed E-state index contributed by atoms with van der Waals surface area (Å²) >= 11 is 0. The van der Waals surface area contributed by atoms with E-state index in [2.05, 4.69) is 34.4 Å². The van der Waals surface area contributed by atoms with E-state index < -0.39 is 0 Å². The Hall–Kier alpha value is 0.100. The first-order valence-electron chi connectivity index (χ1n) is 5.01. The van der Waals surface area contributed by atoms with Gasteiger partial charge in [-0.15, -0.1) is 0 Å². The van der Waals surface area contributed by atoms with Crippen LogP contribution in [-0.4, -0.2) is 22.8 Å². The van der Waals surface area contributed by atoms with Crippen LogP contribution < -0.4 is 0 Å². The molecule has 0 bridgehead atoms. The van der Waals surface area contributed by atoms with E-state index in [-0.39, 0.29) is 13.1 Å². The molecule has 1 rings (SSSR count). The zero-order valence-electron chi connectivity index (χ0n) is 9.48. The van der Waals surface area contributed by atoms with Gasteiger partial charge in [0.15, 0.2) is 0 Å². The van der Waals surface area contributed by atoms with E-state index >= 15 is 0 Å².